The van der Waals surface area contributed by atoms with Crippen molar-refractivity contribution < 1.29 is 0 Å². The molecule has 0 amide bonds. The van der Waals surface area contributed by atoms with Crippen molar-refractivity contribution in [2.75, 3.05) is 23.4 Å². The maximum atomic E-state index is 5.85. The summed E-state index contributed by atoms with van der Waals surface area (Å²) in [7, 11) is 0. The SMILES string of the molecule is CCN(c1cc(N)nc(SC)n1)c1ccccc1C. The van der Waals surface area contributed by atoms with Crippen LogP contribution in [-0.2, 0) is 0 Å². The average molecular weight is 274 g/mol. The lowest BCUT2D eigenvalue weighted by molar-refractivity contribution is 0.912. The number of aromatic nitrogens is 2. The summed E-state index contributed by atoms with van der Waals surface area (Å²) in [6.07, 6.45) is 1.95. The fourth-order valence-electron chi connectivity index (χ4n) is 1.98. The summed E-state index contributed by atoms with van der Waals surface area (Å²) < 4.78 is 0. The summed E-state index contributed by atoms with van der Waals surface area (Å²) in [6, 6.07) is 10.1. The molecule has 100 valence electrons. The third kappa shape index (κ3) is 2.98. The first-order chi connectivity index (χ1) is 9.15. The van der Waals surface area contributed by atoms with E-state index in [9.17, 15) is 0 Å². The molecule has 2 N–H and O–H groups in total. The number of benzene rings is 1. The zero-order chi connectivity index (χ0) is 13.8. The van der Waals surface area contributed by atoms with E-state index in [1.165, 1.54) is 17.3 Å². The van der Waals surface area contributed by atoms with Crippen LogP contribution >= 0.6 is 11.8 Å². The number of nitrogens with two attached hydrogens (primary N) is 1. The Morgan fingerprint density at radius 1 is 1.26 bits per heavy atom. The molecule has 2 aromatic rings. The fourth-order valence-corrected chi connectivity index (χ4v) is 2.36. The number of hydrogen-bond donors (Lipinski definition) is 1. The van der Waals surface area contributed by atoms with E-state index in [1.807, 2.05) is 24.5 Å². The Kier molecular flexibility index (Phi) is 4.27. The highest BCUT2D eigenvalue weighted by Crippen LogP contribution is 2.28. The van der Waals surface area contributed by atoms with Crippen LogP contribution in [0.15, 0.2) is 35.5 Å². The summed E-state index contributed by atoms with van der Waals surface area (Å²) in [5, 5.41) is 0.696. The van der Waals surface area contributed by atoms with Crippen molar-refractivity contribution in [3.8, 4) is 0 Å². The van der Waals surface area contributed by atoms with E-state index < -0.39 is 0 Å². The van der Waals surface area contributed by atoms with Crippen molar-refractivity contribution in [1.82, 2.24) is 9.97 Å². The van der Waals surface area contributed by atoms with E-state index in [4.69, 9.17) is 5.73 Å². The molecule has 0 aliphatic rings. The van der Waals surface area contributed by atoms with Gasteiger partial charge in [-0.3, -0.25) is 0 Å². The molecule has 1 heterocycles. The molecule has 0 aliphatic heterocycles. The number of hydrogen-bond acceptors (Lipinski definition) is 5. The van der Waals surface area contributed by atoms with E-state index in [2.05, 4.69) is 40.8 Å². The Hall–Kier alpha value is -1.75. The largest absolute Gasteiger partial charge is 0.383 e. The highest BCUT2D eigenvalue weighted by Gasteiger charge is 2.12. The van der Waals surface area contributed by atoms with Crippen LogP contribution in [0.4, 0.5) is 17.3 Å². The Morgan fingerprint density at radius 3 is 2.63 bits per heavy atom. The minimum absolute atomic E-state index is 0.501. The predicted molar refractivity (Wildman–Crippen MR) is 82.1 cm³/mol. The van der Waals surface area contributed by atoms with Gasteiger partial charge in [-0.2, -0.15) is 0 Å². The van der Waals surface area contributed by atoms with Gasteiger partial charge in [-0.1, -0.05) is 30.0 Å². The first-order valence-corrected chi connectivity index (χ1v) is 7.40. The lowest BCUT2D eigenvalue weighted by Crippen LogP contribution is -2.19. The monoisotopic (exact) mass is 274 g/mol. The molecular weight excluding hydrogens is 256 g/mol. The van der Waals surface area contributed by atoms with Gasteiger partial charge >= 0.3 is 0 Å². The summed E-state index contributed by atoms with van der Waals surface area (Å²) >= 11 is 1.50. The molecule has 0 unspecified atom stereocenters. The van der Waals surface area contributed by atoms with E-state index >= 15 is 0 Å². The van der Waals surface area contributed by atoms with Gasteiger partial charge in [-0.15, -0.1) is 0 Å². The average Bonchev–Trinajstić information content (AvgIpc) is 2.41. The standard InChI is InChI=1S/C14H18N4S/c1-4-18(11-8-6-5-7-10(11)2)13-9-12(15)16-14(17-13)19-3/h5-9H,4H2,1-3H3,(H2,15,16,17). The van der Waals surface area contributed by atoms with E-state index in [-0.39, 0.29) is 0 Å². The smallest absolute Gasteiger partial charge is 0.191 e. The van der Waals surface area contributed by atoms with Gasteiger partial charge in [0.15, 0.2) is 5.16 Å². The fraction of sp³-hybridized carbons (Fsp3) is 0.286. The van der Waals surface area contributed by atoms with Gasteiger partial charge in [-0.05, 0) is 31.7 Å². The lowest BCUT2D eigenvalue weighted by atomic mass is 10.2. The van der Waals surface area contributed by atoms with Crippen LogP contribution in [0.3, 0.4) is 0 Å². The van der Waals surface area contributed by atoms with Crippen molar-refractivity contribution in [3.63, 3.8) is 0 Å². The van der Waals surface area contributed by atoms with Crippen molar-refractivity contribution >= 4 is 29.1 Å². The van der Waals surface area contributed by atoms with Crippen molar-refractivity contribution in [1.29, 1.82) is 0 Å². The third-order valence-electron chi connectivity index (χ3n) is 2.89. The molecule has 0 spiro atoms. The van der Waals surface area contributed by atoms with Crippen LogP contribution in [0.1, 0.15) is 12.5 Å². The Morgan fingerprint density at radius 2 is 2.00 bits per heavy atom. The maximum Gasteiger partial charge on any atom is 0.191 e. The van der Waals surface area contributed by atoms with Crippen LogP contribution in [0, 0.1) is 6.92 Å². The summed E-state index contributed by atoms with van der Waals surface area (Å²) in [5.74, 6) is 1.34. The molecule has 0 aliphatic carbocycles. The van der Waals surface area contributed by atoms with Gasteiger partial charge < -0.3 is 10.6 Å². The molecule has 5 heteroatoms. The molecule has 0 fully saturated rings. The zero-order valence-electron chi connectivity index (χ0n) is 11.4. The molecule has 19 heavy (non-hydrogen) atoms. The van der Waals surface area contributed by atoms with E-state index in [0.29, 0.717) is 11.0 Å². The van der Waals surface area contributed by atoms with Crippen LogP contribution in [0.25, 0.3) is 0 Å². The second kappa shape index (κ2) is 5.93. The number of thioether (sulfide) groups is 1. The van der Waals surface area contributed by atoms with E-state index in [1.54, 1.807) is 0 Å². The van der Waals surface area contributed by atoms with Crippen LogP contribution in [0.5, 0.6) is 0 Å². The van der Waals surface area contributed by atoms with E-state index in [0.717, 1.165) is 18.1 Å². The molecule has 0 saturated carbocycles. The van der Waals surface area contributed by atoms with Gasteiger partial charge in [-0.25, -0.2) is 9.97 Å². The first-order valence-electron chi connectivity index (χ1n) is 6.17. The van der Waals surface area contributed by atoms with Gasteiger partial charge in [0.1, 0.15) is 11.6 Å². The number of anilines is 3. The molecule has 0 saturated heterocycles. The second-order valence-corrected chi connectivity index (χ2v) is 4.94. The molecule has 2 rings (SSSR count). The number of rotatable bonds is 4. The predicted octanol–water partition coefficient (Wildman–Crippen LogP) is 3.25. The summed E-state index contributed by atoms with van der Waals surface area (Å²) in [6.45, 7) is 5.02. The highest BCUT2D eigenvalue weighted by molar-refractivity contribution is 7.98. The Bertz CT molecular complexity index is 571. The first kappa shape index (κ1) is 13.7. The second-order valence-electron chi connectivity index (χ2n) is 4.17. The third-order valence-corrected chi connectivity index (χ3v) is 3.44. The summed E-state index contributed by atoms with van der Waals surface area (Å²) in [4.78, 5) is 10.9. The normalized spacial score (nSPS) is 10.5. The minimum Gasteiger partial charge on any atom is -0.383 e. The molecule has 1 aromatic heterocycles. The molecular formula is C14H18N4S. The molecule has 0 atom stereocenters. The molecule has 4 nitrogen and oxygen atoms in total. The topological polar surface area (TPSA) is 55.0 Å². The lowest BCUT2D eigenvalue weighted by Gasteiger charge is -2.24. The van der Waals surface area contributed by atoms with Crippen molar-refractivity contribution in [2.24, 2.45) is 0 Å². The molecule has 0 radical (unpaired) electrons. The van der Waals surface area contributed by atoms with Crippen LogP contribution in [0.2, 0.25) is 0 Å². The highest BCUT2D eigenvalue weighted by atomic mass is 32.2. The molecule has 1 aromatic carbocycles. The Labute approximate surface area is 118 Å². The number of aryl methyl sites for hydroxylation is 1. The van der Waals surface area contributed by atoms with Crippen LogP contribution < -0.4 is 10.6 Å². The summed E-state index contributed by atoms with van der Waals surface area (Å²) in [5.41, 5.74) is 8.22. The molecule has 0 bridgehead atoms. The van der Waals surface area contributed by atoms with Gasteiger partial charge in [0, 0.05) is 18.3 Å². The maximum absolute atomic E-state index is 5.85. The van der Waals surface area contributed by atoms with Crippen molar-refractivity contribution in [3.05, 3.63) is 35.9 Å². The Balaban J connectivity index is 2.48. The number of nitrogen functional groups attached to an aromatic ring is 1. The number of nitrogens with zero attached hydrogens (tertiary/aromatic N) is 3. The van der Waals surface area contributed by atoms with Gasteiger partial charge in [0.25, 0.3) is 0 Å². The minimum atomic E-state index is 0.501. The van der Waals surface area contributed by atoms with Crippen LogP contribution in [-0.4, -0.2) is 22.8 Å². The quantitative estimate of drug-likeness (QED) is 0.685. The van der Waals surface area contributed by atoms with Gasteiger partial charge in [0.05, 0.1) is 0 Å². The number of para-hydroxylation sites is 1. The zero-order valence-corrected chi connectivity index (χ0v) is 12.2. The van der Waals surface area contributed by atoms with Crippen molar-refractivity contribution in [2.45, 2.75) is 19.0 Å². The van der Waals surface area contributed by atoms with Gasteiger partial charge in [0.2, 0.25) is 0 Å².